The molecule has 2 heteroatoms. The molecular weight excluding hydrogens is 186 g/mol. The molecule has 1 aromatic carbocycles. The highest BCUT2D eigenvalue weighted by Crippen LogP contribution is 2.49. The van der Waals surface area contributed by atoms with E-state index >= 15 is 0 Å². The quantitative estimate of drug-likeness (QED) is 0.770. The highest BCUT2D eigenvalue weighted by Gasteiger charge is 2.45. The number of hydrogen-bond acceptors (Lipinski definition) is 2. The molecule has 2 rings (SSSR count). The van der Waals surface area contributed by atoms with Crippen molar-refractivity contribution in [3.63, 3.8) is 0 Å². The van der Waals surface area contributed by atoms with E-state index in [1.54, 1.807) is 0 Å². The van der Waals surface area contributed by atoms with Gasteiger partial charge in [0.25, 0.3) is 0 Å². The van der Waals surface area contributed by atoms with E-state index in [-0.39, 0.29) is 5.41 Å². The van der Waals surface area contributed by atoms with Gasteiger partial charge in [0, 0.05) is 5.41 Å². The van der Waals surface area contributed by atoms with Crippen molar-refractivity contribution in [2.45, 2.75) is 39.0 Å². The summed E-state index contributed by atoms with van der Waals surface area (Å²) in [5.74, 6) is 5.21. The molecule has 0 spiro atoms. The lowest BCUT2D eigenvalue weighted by atomic mass is 9.89. The Bertz CT molecular complexity index is 380. The Labute approximate surface area is 91.4 Å². The van der Waals surface area contributed by atoms with Gasteiger partial charge in [-0.25, -0.2) is 5.90 Å². The van der Waals surface area contributed by atoms with E-state index in [4.69, 9.17) is 10.7 Å². The van der Waals surface area contributed by atoms with Crippen LogP contribution in [-0.4, -0.2) is 6.61 Å². The number of hydrogen-bond donors (Lipinski definition) is 1. The minimum absolute atomic E-state index is 0.220. The van der Waals surface area contributed by atoms with Gasteiger partial charge in [-0.3, -0.25) is 0 Å². The molecule has 0 aromatic heterocycles. The lowest BCUT2D eigenvalue weighted by Gasteiger charge is -2.18. The Kier molecular flexibility index (Phi) is 2.57. The fourth-order valence-corrected chi connectivity index (χ4v) is 2.33. The van der Waals surface area contributed by atoms with E-state index in [2.05, 4.69) is 32.9 Å². The summed E-state index contributed by atoms with van der Waals surface area (Å²) in [7, 11) is 0. The molecule has 1 aliphatic rings. The normalized spacial score (nSPS) is 17.9. The summed E-state index contributed by atoms with van der Waals surface area (Å²) in [5.41, 5.74) is 5.74. The molecule has 0 atom stereocenters. The van der Waals surface area contributed by atoms with Crippen molar-refractivity contribution in [2.24, 2.45) is 5.90 Å². The summed E-state index contributed by atoms with van der Waals surface area (Å²) in [6.07, 6.45) is 2.40. The molecule has 15 heavy (non-hydrogen) atoms. The van der Waals surface area contributed by atoms with Crippen molar-refractivity contribution in [1.82, 2.24) is 0 Å². The first-order valence-corrected chi connectivity index (χ1v) is 5.49. The molecule has 0 amide bonds. The molecule has 82 valence electrons. The smallest absolute Gasteiger partial charge is 0.0776 e. The molecule has 1 fully saturated rings. The molecule has 1 aliphatic carbocycles. The van der Waals surface area contributed by atoms with Crippen molar-refractivity contribution in [1.29, 1.82) is 0 Å². The fraction of sp³-hybridized carbons (Fsp3) is 0.538. The fourth-order valence-electron chi connectivity index (χ4n) is 2.33. The highest BCUT2D eigenvalue weighted by molar-refractivity contribution is 5.43. The second-order valence-corrected chi connectivity index (χ2v) is 4.84. The van der Waals surface area contributed by atoms with Crippen LogP contribution in [0.5, 0.6) is 0 Å². The zero-order valence-corrected chi connectivity index (χ0v) is 9.76. The summed E-state index contributed by atoms with van der Waals surface area (Å²) in [5, 5.41) is 0. The lowest BCUT2D eigenvalue weighted by molar-refractivity contribution is 0.116. The minimum Gasteiger partial charge on any atom is -0.304 e. The van der Waals surface area contributed by atoms with Crippen molar-refractivity contribution < 1.29 is 4.84 Å². The zero-order chi connectivity index (χ0) is 11.1. The van der Waals surface area contributed by atoms with E-state index in [1.807, 2.05) is 0 Å². The van der Waals surface area contributed by atoms with Gasteiger partial charge < -0.3 is 4.84 Å². The third-order valence-corrected chi connectivity index (χ3v) is 3.63. The van der Waals surface area contributed by atoms with Crippen LogP contribution in [0.25, 0.3) is 0 Å². The summed E-state index contributed by atoms with van der Waals surface area (Å²) in [6.45, 7) is 7.15. The first-order chi connectivity index (χ1) is 7.09. The predicted octanol–water partition coefficient (Wildman–Crippen LogP) is 2.53. The van der Waals surface area contributed by atoms with Gasteiger partial charge in [0.05, 0.1) is 6.61 Å². The largest absolute Gasteiger partial charge is 0.304 e. The maximum atomic E-state index is 5.21. The Morgan fingerprint density at radius 2 is 1.73 bits per heavy atom. The molecule has 1 saturated carbocycles. The third-order valence-electron chi connectivity index (χ3n) is 3.63. The number of rotatable bonds is 3. The number of nitrogens with two attached hydrogens (primary N) is 1. The minimum atomic E-state index is 0.220. The first-order valence-electron chi connectivity index (χ1n) is 5.49. The molecule has 0 heterocycles. The van der Waals surface area contributed by atoms with Gasteiger partial charge in [0.15, 0.2) is 0 Å². The molecule has 0 unspecified atom stereocenters. The van der Waals surface area contributed by atoms with Crippen LogP contribution in [0.15, 0.2) is 12.1 Å². The van der Waals surface area contributed by atoms with E-state index in [9.17, 15) is 0 Å². The van der Waals surface area contributed by atoms with Crippen LogP contribution >= 0.6 is 0 Å². The Balaban J connectivity index is 2.40. The van der Waals surface area contributed by atoms with Gasteiger partial charge in [-0.15, -0.1) is 0 Å². The predicted molar refractivity (Wildman–Crippen MR) is 61.7 cm³/mol. The van der Waals surface area contributed by atoms with Gasteiger partial charge in [0.1, 0.15) is 0 Å². The summed E-state index contributed by atoms with van der Waals surface area (Å²) >= 11 is 0. The molecular formula is C13H19NO. The molecule has 2 nitrogen and oxygen atoms in total. The average Bonchev–Trinajstić information content (AvgIpc) is 2.93. The Hall–Kier alpha value is -0.860. The van der Waals surface area contributed by atoms with Gasteiger partial charge >= 0.3 is 0 Å². The van der Waals surface area contributed by atoms with Crippen molar-refractivity contribution in [3.05, 3.63) is 34.4 Å². The third kappa shape index (κ3) is 1.80. The molecule has 0 saturated heterocycles. The maximum Gasteiger partial charge on any atom is 0.0776 e. The highest BCUT2D eigenvalue weighted by atomic mass is 16.6. The number of aryl methyl sites for hydroxylation is 3. The van der Waals surface area contributed by atoms with Gasteiger partial charge in [-0.2, -0.15) is 0 Å². The van der Waals surface area contributed by atoms with Crippen LogP contribution < -0.4 is 5.90 Å². The second-order valence-electron chi connectivity index (χ2n) is 4.84. The zero-order valence-electron chi connectivity index (χ0n) is 9.76. The lowest BCUT2D eigenvalue weighted by Crippen LogP contribution is -2.19. The van der Waals surface area contributed by atoms with E-state index < -0.39 is 0 Å². The molecule has 2 N–H and O–H groups in total. The van der Waals surface area contributed by atoms with Gasteiger partial charge in [-0.05, 0) is 55.9 Å². The summed E-state index contributed by atoms with van der Waals surface area (Å²) in [6, 6.07) is 4.57. The van der Waals surface area contributed by atoms with E-state index in [0.717, 1.165) is 0 Å². The van der Waals surface area contributed by atoms with Gasteiger partial charge in [-0.1, -0.05) is 12.1 Å². The van der Waals surface area contributed by atoms with Crippen molar-refractivity contribution >= 4 is 0 Å². The van der Waals surface area contributed by atoms with Crippen molar-refractivity contribution in [2.75, 3.05) is 6.61 Å². The second kappa shape index (κ2) is 3.62. The average molecular weight is 205 g/mol. The SMILES string of the molecule is Cc1cc(C)c(C2(CON)CC2)cc1C. The van der Waals surface area contributed by atoms with Crippen LogP contribution in [-0.2, 0) is 10.3 Å². The molecule has 0 bridgehead atoms. The standard InChI is InChI=1S/C13H19NO/c1-9-6-11(3)12(7-10(9)2)13(4-5-13)8-15-14/h6-7H,4-5,8,14H2,1-3H3. The first kappa shape index (κ1) is 10.7. The van der Waals surface area contributed by atoms with Crippen LogP contribution in [0.4, 0.5) is 0 Å². The monoisotopic (exact) mass is 205 g/mol. The van der Waals surface area contributed by atoms with E-state index in [0.29, 0.717) is 6.61 Å². The number of benzene rings is 1. The van der Waals surface area contributed by atoms with Crippen LogP contribution in [0, 0.1) is 20.8 Å². The van der Waals surface area contributed by atoms with Crippen LogP contribution in [0.2, 0.25) is 0 Å². The van der Waals surface area contributed by atoms with Crippen molar-refractivity contribution in [3.8, 4) is 0 Å². The van der Waals surface area contributed by atoms with Gasteiger partial charge in [0.2, 0.25) is 0 Å². The van der Waals surface area contributed by atoms with Crippen LogP contribution in [0.3, 0.4) is 0 Å². The topological polar surface area (TPSA) is 35.2 Å². The van der Waals surface area contributed by atoms with E-state index in [1.165, 1.54) is 35.1 Å². The Morgan fingerprint density at radius 1 is 1.13 bits per heavy atom. The maximum absolute atomic E-state index is 5.21. The molecule has 0 aliphatic heterocycles. The summed E-state index contributed by atoms with van der Waals surface area (Å²) < 4.78 is 0. The Morgan fingerprint density at radius 3 is 2.27 bits per heavy atom. The summed E-state index contributed by atoms with van der Waals surface area (Å²) in [4.78, 5) is 4.85. The molecule has 0 radical (unpaired) electrons. The van der Waals surface area contributed by atoms with Crippen LogP contribution in [0.1, 0.15) is 35.1 Å². The molecule has 1 aromatic rings.